The van der Waals surface area contributed by atoms with E-state index in [1.807, 2.05) is 0 Å². The molecule has 70 valence electrons. The Hall–Kier alpha value is 0.150. The van der Waals surface area contributed by atoms with Gasteiger partial charge in [0.25, 0.3) is 0 Å². The summed E-state index contributed by atoms with van der Waals surface area (Å²) in [5.41, 5.74) is 0. The van der Waals surface area contributed by atoms with Crippen LogP contribution >= 0.6 is 7.44 Å². The van der Waals surface area contributed by atoms with Crippen molar-refractivity contribution in [2.75, 3.05) is 32.3 Å². The average Bonchev–Trinajstić information content (AvgIpc) is 2.92. The molecule has 0 saturated carbocycles. The molecule has 2 heterocycles. The Labute approximate surface area is 74.2 Å². The first-order valence-electron chi connectivity index (χ1n) is 4.87. The monoisotopic (exact) mass is 188 g/mol. The summed E-state index contributed by atoms with van der Waals surface area (Å²) >= 11 is 0. The van der Waals surface area contributed by atoms with Crippen LogP contribution in [0.25, 0.3) is 0 Å². The molecule has 0 radical (unpaired) electrons. The molecule has 0 unspecified atom stereocenters. The summed E-state index contributed by atoms with van der Waals surface area (Å²) in [6.45, 7) is 6.43. The van der Waals surface area contributed by atoms with E-state index in [1.165, 1.54) is 0 Å². The van der Waals surface area contributed by atoms with Gasteiger partial charge in [-0.15, -0.1) is 0 Å². The largest absolute Gasteiger partial charge is 0.289 e. The predicted octanol–water partition coefficient (Wildman–Crippen LogP) is 1.61. The van der Waals surface area contributed by atoms with E-state index in [4.69, 9.17) is 0 Å². The van der Waals surface area contributed by atoms with Crippen LogP contribution in [0, 0.1) is 0 Å². The molecule has 0 aromatic carbocycles. The maximum Gasteiger partial charge on any atom is 0.216 e. The Balaban J connectivity index is 1.95. The Kier molecular flexibility index (Phi) is 2.28. The molecule has 0 spiro atoms. The lowest BCUT2D eigenvalue weighted by atomic mass is 10.4. The molecule has 0 bridgehead atoms. The molecule has 2 aliphatic rings. The van der Waals surface area contributed by atoms with E-state index in [9.17, 15) is 4.57 Å². The van der Waals surface area contributed by atoms with Crippen LogP contribution in [0.4, 0.5) is 0 Å². The molecule has 0 atom stereocenters. The second kappa shape index (κ2) is 3.13. The summed E-state index contributed by atoms with van der Waals surface area (Å²) in [5.74, 6) is 0. The smallest absolute Gasteiger partial charge is 0.216 e. The topological polar surface area (TPSA) is 23.1 Å². The molecular weight excluding hydrogens is 171 g/mol. The zero-order chi connectivity index (χ0) is 8.60. The van der Waals surface area contributed by atoms with Crippen LogP contribution in [0.1, 0.15) is 19.8 Å². The van der Waals surface area contributed by atoms with Crippen LogP contribution in [0.5, 0.6) is 0 Å². The first kappa shape index (κ1) is 8.74. The standard InChI is InChI=1S/C8H17N2OP/c1-2-3-8-12(11,9-4-5-9)10-6-7-10/h2-8H2,1H3. The highest BCUT2D eigenvalue weighted by Crippen LogP contribution is 2.60. The Morgan fingerprint density at radius 2 is 1.67 bits per heavy atom. The van der Waals surface area contributed by atoms with Crippen LogP contribution in [0.15, 0.2) is 0 Å². The normalized spacial score (nSPS) is 24.4. The molecule has 2 fully saturated rings. The fraction of sp³-hybridized carbons (Fsp3) is 1.00. The zero-order valence-electron chi connectivity index (χ0n) is 7.70. The lowest BCUT2D eigenvalue weighted by Crippen LogP contribution is -2.07. The molecule has 0 aromatic heterocycles. The molecule has 4 heteroatoms. The van der Waals surface area contributed by atoms with Crippen molar-refractivity contribution in [3.05, 3.63) is 0 Å². The number of hydrogen-bond acceptors (Lipinski definition) is 1. The van der Waals surface area contributed by atoms with Gasteiger partial charge in [0.15, 0.2) is 0 Å². The van der Waals surface area contributed by atoms with Crippen LogP contribution in [-0.2, 0) is 4.57 Å². The Bertz CT molecular complexity index is 195. The third-order valence-electron chi connectivity index (χ3n) is 2.53. The molecule has 2 saturated heterocycles. The molecule has 3 nitrogen and oxygen atoms in total. The summed E-state index contributed by atoms with van der Waals surface area (Å²) in [6.07, 6.45) is 3.19. The van der Waals surface area contributed by atoms with Crippen LogP contribution in [-0.4, -0.2) is 41.7 Å². The first-order chi connectivity index (χ1) is 5.77. The van der Waals surface area contributed by atoms with Gasteiger partial charge in [-0.25, -0.2) is 9.34 Å². The summed E-state index contributed by atoms with van der Waals surface area (Å²) in [7, 11) is -1.99. The van der Waals surface area contributed by atoms with Gasteiger partial charge in [0, 0.05) is 32.3 Å². The van der Waals surface area contributed by atoms with Gasteiger partial charge in [0.2, 0.25) is 7.44 Å². The van der Waals surface area contributed by atoms with Gasteiger partial charge in [0.05, 0.1) is 0 Å². The summed E-state index contributed by atoms with van der Waals surface area (Å²) < 4.78 is 16.7. The van der Waals surface area contributed by atoms with E-state index >= 15 is 0 Å². The number of nitrogens with zero attached hydrogens (tertiary/aromatic N) is 2. The predicted molar refractivity (Wildman–Crippen MR) is 50.5 cm³/mol. The first-order valence-corrected chi connectivity index (χ1v) is 6.67. The van der Waals surface area contributed by atoms with E-state index in [2.05, 4.69) is 16.3 Å². The van der Waals surface area contributed by atoms with E-state index < -0.39 is 7.44 Å². The van der Waals surface area contributed by atoms with E-state index in [0.717, 1.165) is 45.2 Å². The highest BCUT2D eigenvalue weighted by atomic mass is 31.2. The van der Waals surface area contributed by atoms with Gasteiger partial charge in [-0.2, -0.15) is 0 Å². The molecule has 2 aliphatic heterocycles. The molecule has 2 rings (SSSR count). The molecule has 0 amide bonds. The van der Waals surface area contributed by atoms with Crippen LogP contribution in [0.2, 0.25) is 0 Å². The van der Waals surface area contributed by atoms with E-state index in [0.29, 0.717) is 0 Å². The Morgan fingerprint density at radius 3 is 2.00 bits per heavy atom. The van der Waals surface area contributed by atoms with Gasteiger partial charge < -0.3 is 0 Å². The van der Waals surface area contributed by atoms with Crippen LogP contribution < -0.4 is 0 Å². The van der Waals surface area contributed by atoms with Gasteiger partial charge in [-0.1, -0.05) is 13.3 Å². The van der Waals surface area contributed by atoms with Crippen molar-refractivity contribution < 1.29 is 4.57 Å². The minimum absolute atomic E-state index is 0.920. The summed E-state index contributed by atoms with van der Waals surface area (Å²) in [4.78, 5) is 0. The lowest BCUT2D eigenvalue weighted by Gasteiger charge is -2.19. The SMILES string of the molecule is CCCCP(=O)(N1CC1)N1CC1. The molecule has 12 heavy (non-hydrogen) atoms. The molecule has 0 aromatic rings. The maximum absolute atomic E-state index is 12.3. The highest BCUT2D eigenvalue weighted by molar-refractivity contribution is 7.59. The molecular formula is C8H17N2OP. The lowest BCUT2D eigenvalue weighted by molar-refractivity contribution is 0.515. The van der Waals surface area contributed by atoms with E-state index in [1.54, 1.807) is 0 Å². The quantitative estimate of drug-likeness (QED) is 0.483. The minimum Gasteiger partial charge on any atom is -0.289 e. The molecule has 0 N–H and O–H groups in total. The maximum atomic E-state index is 12.3. The second-order valence-electron chi connectivity index (χ2n) is 3.65. The van der Waals surface area contributed by atoms with Crippen molar-refractivity contribution in [2.45, 2.75) is 19.8 Å². The van der Waals surface area contributed by atoms with Crippen molar-refractivity contribution in [3.63, 3.8) is 0 Å². The molecule has 0 aliphatic carbocycles. The van der Waals surface area contributed by atoms with Gasteiger partial charge in [0.1, 0.15) is 0 Å². The Morgan fingerprint density at radius 1 is 1.17 bits per heavy atom. The summed E-state index contributed by atoms with van der Waals surface area (Å²) in [6, 6.07) is 0. The van der Waals surface area contributed by atoms with Crippen molar-refractivity contribution >= 4 is 7.44 Å². The third kappa shape index (κ3) is 1.59. The van der Waals surface area contributed by atoms with Crippen LogP contribution in [0.3, 0.4) is 0 Å². The number of unbranched alkanes of at least 4 members (excludes halogenated alkanes) is 1. The van der Waals surface area contributed by atoms with Crippen molar-refractivity contribution in [3.8, 4) is 0 Å². The number of hydrogen-bond donors (Lipinski definition) is 0. The van der Waals surface area contributed by atoms with Gasteiger partial charge >= 0.3 is 0 Å². The fourth-order valence-corrected chi connectivity index (χ4v) is 4.62. The third-order valence-corrected chi connectivity index (χ3v) is 6.00. The zero-order valence-corrected chi connectivity index (χ0v) is 8.59. The number of rotatable bonds is 5. The second-order valence-corrected chi connectivity index (χ2v) is 6.56. The van der Waals surface area contributed by atoms with Crippen molar-refractivity contribution in [1.82, 2.24) is 9.34 Å². The van der Waals surface area contributed by atoms with Crippen molar-refractivity contribution in [1.29, 1.82) is 0 Å². The van der Waals surface area contributed by atoms with Gasteiger partial charge in [-0.3, -0.25) is 4.57 Å². The van der Waals surface area contributed by atoms with Crippen molar-refractivity contribution in [2.24, 2.45) is 0 Å². The van der Waals surface area contributed by atoms with Gasteiger partial charge in [-0.05, 0) is 6.42 Å². The van der Waals surface area contributed by atoms with E-state index in [-0.39, 0.29) is 0 Å². The summed E-state index contributed by atoms with van der Waals surface area (Å²) in [5, 5.41) is 0. The highest BCUT2D eigenvalue weighted by Gasteiger charge is 2.46. The average molecular weight is 188 g/mol. The minimum atomic E-state index is -1.99. The fourth-order valence-electron chi connectivity index (χ4n) is 1.54.